The van der Waals surface area contributed by atoms with Crippen LogP contribution in [0.25, 0.3) is 55.3 Å². The number of rotatable bonds is 7. The monoisotopic (exact) mass is 669 g/mol. The van der Waals surface area contributed by atoms with E-state index in [1.165, 1.54) is 0 Å². The smallest absolute Gasteiger partial charge is 0.227 e. The Labute approximate surface area is 300 Å². The average Bonchev–Trinajstić information content (AvgIpc) is 3.82. The van der Waals surface area contributed by atoms with Gasteiger partial charge in [-0.15, -0.1) is 0 Å². The van der Waals surface area contributed by atoms with Crippen molar-refractivity contribution in [1.29, 1.82) is 0 Å². The van der Waals surface area contributed by atoms with E-state index in [1.54, 1.807) is 0 Å². The second-order valence-electron chi connectivity index (χ2n) is 12.8. The van der Waals surface area contributed by atoms with Crippen molar-refractivity contribution in [2.24, 2.45) is 0 Å². The summed E-state index contributed by atoms with van der Waals surface area (Å²) in [6, 6.07) is 64.9. The van der Waals surface area contributed by atoms with E-state index < -0.39 is 0 Å². The van der Waals surface area contributed by atoms with E-state index in [0.717, 1.165) is 77.9 Å². The Hall–Kier alpha value is -7.11. The summed E-state index contributed by atoms with van der Waals surface area (Å²) >= 11 is 0. The van der Waals surface area contributed by atoms with Gasteiger partial charge in [0.25, 0.3) is 0 Å². The number of aromatic nitrogens is 1. The molecule has 8 aromatic carbocycles. The van der Waals surface area contributed by atoms with Crippen LogP contribution in [0.5, 0.6) is 0 Å². The van der Waals surface area contributed by atoms with E-state index in [1.807, 2.05) is 60.7 Å². The minimum absolute atomic E-state index is 0.586. The summed E-state index contributed by atoms with van der Waals surface area (Å²) in [7, 11) is 0. The molecular formula is C47H31N3O2. The Morgan fingerprint density at radius 1 is 0.346 bits per heavy atom. The fourth-order valence-corrected chi connectivity index (χ4v) is 7.26. The zero-order chi connectivity index (χ0) is 34.4. The van der Waals surface area contributed by atoms with Crippen LogP contribution >= 0.6 is 0 Å². The molecule has 0 spiro atoms. The SMILES string of the molecule is c1ccc(-c2nc3c(cc(N(c4ccccc4)c4ccccc4)c4ccc(N(c5ccccc5)c5ccc6oc7ccccc7c6c5)cc43)o2)cc1. The maximum absolute atomic E-state index is 6.61. The molecule has 0 aliphatic carbocycles. The molecule has 52 heavy (non-hydrogen) atoms. The van der Waals surface area contributed by atoms with Crippen LogP contribution in [0, 0.1) is 0 Å². The summed E-state index contributed by atoms with van der Waals surface area (Å²) in [6.07, 6.45) is 0. The molecule has 0 aliphatic rings. The average molecular weight is 670 g/mol. The number of fused-ring (bicyclic) bond motifs is 6. The van der Waals surface area contributed by atoms with Gasteiger partial charge in [0.05, 0.1) is 5.69 Å². The molecule has 0 fully saturated rings. The van der Waals surface area contributed by atoms with Crippen molar-refractivity contribution in [3.63, 3.8) is 0 Å². The number of para-hydroxylation sites is 4. The molecule has 246 valence electrons. The van der Waals surface area contributed by atoms with E-state index in [9.17, 15) is 0 Å². The fourth-order valence-electron chi connectivity index (χ4n) is 7.26. The van der Waals surface area contributed by atoms with Crippen LogP contribution in [-0.4, -0.2) is 4.98 Å². The van der Waals surface area contributed by atoms with Crippen LogP contribution in [-0.2, 0) is 0 Å². The molecule has 0 radical (unpaired) electrons. The van der Waals surface area contributed by atoms with Gasteiger partial charge in [-0.3, -0.25) is 0 Å². The lowest BCUT2D eigenvalue weighted by Crippen LogP contribution is -2.11. The first-order valence-corrected chi connectivity index (χ1v) is 17.4. The molecule has 10 rings (SSSR count). The van der Waals surface area contributed by atoms with Gasteiger partial charge in [-0.05, 0) is 84.9 Å². The molecule has 10 aromatic rings. The van der Waals surface area contributed by atoms with Gasteiger partial charge in [0.2, 0.25) is 5.89 Å². The maximum atomic E-state index is 6.61. The minimum atomic E-state index is 0.586. The Morgan fingerprint density at radius 3 is 1.56 bits per heavy atom. The first-order chi connectivity index (χ1) is 25.8. The van der Waals surface area contributed by atoms with Gasteiger partial charge >= 0.3 is 0 Å². The molecule has 5 heteroatoms. The fraction of sp³-hybridized carbons (Fsp3) is 0. The quantitative estimate of drug-likeness (QED) is 0.169. The second kappa shape index (κ2) is 12.3. The molecule has 0 bridgehead atoms. The third-order valence-corrected chi connectivity index (χ3v) is 9.64. The van der Waals surface area contributed by atoms with Crippen molar-refractivity contribution in [3.8, 4) is 11.5 Å². The predicted molar refractivity (Wildman–Crippen MR) is 214 cm³/mol. The number of furan rings is 1. The molecule has 2 aromatic heterocycles. The van der Waals surface area contributed by atoms with Crippen LogP contribution in [0.15, 0.2) is 197 Å². The second-order valence-corrected chi connectivity index (χ2v) is 12.8. The Morgan fingerprint density at radius 2 is 0.885 bits per heavy atom. The third-order valence-electron chi connectivity index (χ3n) is 9.64. The molecule has 0 atom stereocenters. The molecular weight excluding hydrogens is 639 g/mol. The number of benzene rings is 8. The lowest BCUT2D eigenvalue weighted by Gasteiger charge is -2.28. The van der Waals surface area contributed by atoms with Crippen molar-refractivity contribution in [1.82, 2.24) is 4.98 Å². The number of hydrogen-bond donors (Lipinski definition) is 0. The number of nitrogens with zero attached hydrogens (tertiary/aromatic N) is 3. The van der Waals surface area contributed by atoms with Crippen molar-refractivity contribution >= 4 is 77.9 Å². The molecule has 2 heterocycles. The largest absolute Gasteiger partial charge is 0.456 e. The van der Waals surface area contributed by atoms with Crippen molar-refractivity contribution in [2.45, 2.75) is 0 Å². The zero-order valence-corrected chi connectivity index (χ0v) is 28.1. The highest BCUT2D eigenvalue weighted by Crippen LogP contribution is 2.45. The summed E-state index contributed by atoms with van der Waals surface area (Å²) in [4.78, 5) is 9.74. The minimum Gasteiger partial charge on any atom is -0.456 e. The number of oxazole rings is 1. The Kier molecular flexibility index (Phi) is 7.07. The molecule has 0 unspecified atom stereocenters. The summed E-state index contributed by atoms with van der Waals surface area (Å²) in [6.45, 7) is 0. The normalized spacial score (nSPS) is 11.5. The molecule has 5 nitrogen and oxygen atoms in total. The molecule has 0 saturated heterocycles. The lowest BCUT2D eigenvalue weighted by molar-refractivity contribution is 0.620. The number of anilines is 6. The predicted octanol–water partition coefficient (Wildman–Crippen LogP) is 13.5. The number of hydrogen-bond acceptors (Lipinski definition) is 5. The van der Waals surface area contributed by atoms with Crippen molar-refractivity contribution in [2.75, 3.05) is 9.80 Å². The topological polar surface area (TPSA) is 45.7 Å². The standard InChI is InChI=1S/C47H31N3O2/c1-5-15-32(16-6-1)47-48-46-41-30-36(49(33-17-7-2-8-18-33)37-26-28-44-40(29-37)39-23-13-14-24-43(39)51-44)25-27-38(41)42(31-45(46)52-47)50(34-19-9-3-10-20-34)35-21-11-4-12-22-35/h1-31H. The first kappa shape index (κ1) is 29.8. The van der Waals surface area contributed by atoms with E-state index in [0.29, 0.717) is 11.5 Å². The van der Waals surface area contributed by atoms with Gasteiger partial charge in [0.15, 0.2) is 5.58 Å². The summed E-state index contributed by atoms with van der Waals surface area (Å²) in [5.74, 6) is 0.586. The highest BCUT2D eigenvalue weighted by atomic mass is 16.3. The third kappa shape index (κ3) is 5.07. The van der Waals surface area contributed by atoms with E-state index in [2.05, 4.69) is 137 Å². The van der Waals surface area contributed by atoms with Crippen molar-refractivity contribution < 1.29 is 8.83 Å². The van der Waals surface area contributed by atoms with Crippen LogP contribution in [0.4, 0.5) is 34.1 Å². The first-order valence-electron chi connectivity index (χ1n) is 17.4. The molecule has 0 saturated carbocycles. The zero-order valence-electron chi connectivity index (χ0n) is 28.1. The highest BCUT2D eigenvalue weighted by Gasteiger charge is 2.22. The van der Waals surface area contributed by atoms with Crippen LogP contribution in [0.3, 0.4) is 0 Å². The van der Waals surface area contributed by atoms with Gasteiger partial charge in [-0.25, -0.2) is 4.98 Å². The van der Waals surface area contributed by atoms with E-state index >= 15 is 0 Å². The van der Waals surface area contributed by atoms with Crippen LogP contribution in [0.1, 0.15) is 0 Å². The summed E-state index contributed by atoms with van der Waals surface area (Å²) in [5, 5.41) is 4.21. The van der Waals surface area contributed by atoms with Crippen molar-refractivity contribution in [3.05, 3.63) is 188 Å². The summed E-state index contributed by atoms with van der Waals surface area (Å²) in [5.41, 5.74) is 10.4. The van der Waals surface area contributed by atoms with Crippen LogP contribution in [0.2, 0.25) is 0 Å². The van der Waals surface area contributed by atoms with Gasteiger partial charge in [0.1, 0.15) is 16.7 Å². The molecule has 0 N–H and O–H groups in total. The maximum Gasteiger partial charge on any atom is 0.227 e. The van der Waals surface area contributed by atoms with Gasteiger partial charge < -0.3 is 18.6 Å². The highest BCUT2D eigenvalue weighted by molar-refractivity contribution is 6.14. The van der Waals surface area contributed by atoms with Crippen LogP contribution < -0.4 is 9.80 Å². The molecule has 0 aliphatic heterocycles. The Bertz CT molecular complexity index is 2810. The lowest BCUT2D eigenvalue weighted by atomic mass is 10.0. The van der Waals surface area contributed by atoms with E-state index in [-0.39, 0.29) is 0 Å². The van der Waals surface area contributed by atoms with Gasteiger partial charge in [-0.1, -0.05) is 97.1 Å². The Balaban J connectivity index is 1.24. The van der Waals surface area contributed by atoms with E-state index in [4.69, 9.17) is 13.8 Å². The molecule has 0 amide bonds. The van der Waals surface area contributed by atoms with Gasteiger partial charge in [0, 0.05) is 61.6 Å². The van der Waals surface area contributed by atoms with Gasteiger partial charge in [-0.2, -0.15) is 0 Å². The summed E-state index contributed by atoms with van der Waals surface area (Å²) < 4.78 is 12.8.